The number of benzene rings is 1. The fourth-order valence-corrected chi connectivity index (χ4v) is 2.97. The van der Waals surface area contributed by atoms with E-state index >= 15 is 0 Å². The molecule has 0 amide bonds. The highest BCUT2D eigenvalue weighted by atomic mass is 16.5. The molecule has 0 spiro atoms. The van der Waals surface area contributed by atoms with Gasteiger partial charge in [-0.15, -0.1) is 0 Å². The fraction of sp³-hybridized carbons (Fsp3) is 0.400. The number of nitrogens with one attached hydrogen (secondary N) is 3. The first-order valence-electron chi connectivity index (χ1n) is 9.60. The fourth-order valence-electron chi connectivity index (χ4n) is 2.97. The largest absolute Gasteiger partial charge is 0.497 e. The maximum atomic E-state index is 5.18. The summed E-state index contributed by atoms with van der Waals surface area (Å²) >= 11 is 0. The lowest BCUT2D eigenvalue weighted by molar-refractivity contribution is 0.415. The topological polar surface area (TPSA) is 105 Å². The minimum atomic E-state index is 0.500. The average Bonchev–Trinajstić information content (AvgIpc) is 3.33. The number of nitrogens with zero attached hydrogens (tertiary/aromatic N) is 5. The van der Waals surface area contributed by atoms with Crippen molar-refractivity contribution in [2.24, 2.45) is 4.99 Å². The van der Waals surface area contributed by atoms with Gasteiger partial charge in [0.25, 0.3) is 0 Å². The molecular formula is C20H28N8O. The van der Waals surface area contributed by atoms with Gasteiger partial charge in [0.15, 0.2) is 11.8 Å². The van der Waals surface area contributed by atoms with Crippen molar-refractivity contribution in [3.05, 3.63) is 47.5 Å². The molecule has 9 heteroatoms. The molecular weight excluding hydrogens is 368 g/mol. The highest BCUT2D eigenvalue weighted by molar-refractivity contribution is 5.79. The Balaban J connectivity index is 1.44. The van der Waals surface area contributed by atoms with Crippen LogP contribution in [0.5, 0.6) is 5.75 Å². The van der Waals surface area contributed by atoms with Gasteiger partial charge in [0.1, 0.15) is 11.6 Å². The number of H-pyrrole nitrogens is 1. The van der Waals surface area contributed by atoms with Crippen LogP contribution < -0.4 is 15.4 Å². The summed E-state index contributed by atoms with van der Waals surface area (Å²) in [6.45, 7) is 6.26. The Kier molecular flexibility index (Phi) is 6.83. The first-order chi connectivity index (χ1) is 14.1. The number of aromatic amines is 1. The molecule has 3 N–H and O–H groups in total. The number of ether oxygens (including phenoxy) is 1. The number of hydrogen-bond acceptors (Lipinski definition) is 5. The molecule has 2 heterocycles. The van der Waals surface area contributed by atoms with E-state index in [0.717, 1.165) is 48.3 Å². The predicted octanol–water partition coefficient (Wildman–Crippen LogP) is 2.05. The minimum absolute atomic E-state index is 0.500. The van der Waals surface area contributed by atoms with Gasteiger partial charge in [-0.2, -0.15) is 10.2 Å². The summed E-state index contributed by atoms with van der Waals surface area (Å²) in [5, 5.41) is 18.3. The highest BCUT2D eigenvalue weighted by Gasteiger charge is 2.07. The van der Waals surface area contributed by atoms with Crippen molar-refractivity contribution in [1.82, 2.24) is 35.6 Å². The van der Waals surface area contributed by atoms with Crippen LogP contribution in [-0.2, 0) is 13.1 Å². The third-order valence-corrected chi connectivity index (χ3v) is 4.47. The van der Waals surface area contributed by atoms with Crippen molar-refractivity contribution in [1.29, 1.82) is 0 Å². The van der Waals surface area contributed by atoms with Crippen molar-refractivity contribution in [3.63, 3.8) is 0 Å². The van der Waals surface area contributed by atoms with Crippen LogP contribution in [0.1, 0.15) is 23.6 Å². The molecule has 0 saturated heterocycles. The minimum Gasteiger partial charge on any atom is -0.497 e. The van der Waals surface area contributed by atoms with E-state index in [1.54, 1.807) is 14.2 Å². The Morgan fingerprint density at radius 3 is 2.66 bits per heavy atom. The van der Waals surface area contributed by atoms with Crippen LogP contribution in [0.2, 0.25) is 0 Å². The summed E-state index contributed by atoms with van der Waals surface area (Å²) < 4.78 is 7.21. The van der Waals surface area contributed by atoms with Gasteiger partial charge in [0.05, 0.1) is 19.3 Å². The van der Waals surface area contributed by atoms with Gasteiger partial charge in [-0.05, 0) is 50.6 Å². The van der Waals surface area contributed by atoms with E-state index in [1.165, 1.54) is 5.69 Å². The van der Waals surface area contributed by atoms with Gasteiger partial charge in [0.2, 0.25) is 0 Å². The molecule has 0 unspecified atom stereocenters. The van der Waals surface area contributed by atoms with Crippen LogP contribution in [-0.4, -0.2) is 51.6 Å². The first kappa shape index (κ1) is 20.4. The molecule has 0 atom stereocenters. The van der Waals surface area contributed by atoms with Gasteiger partial charge >= 0.3 is 0 Å². The van der Waals surface area contributed by atoms with Gasteiger partial charge in [0, 0.05) is 31.4 Å². The third-order valence-electron chi connectivity index (χ3n) is 4.47. The molecule has 154 valence electrons. The Morgan fingerprint density at radius 1 is 1.21 bits per heavy atom. The summed E-state index contributed by atoms with van der Waals surface area (Å²) in [6.07, 6.45) is 0.951. The van der Waals surface area contributed by atoms with E-state index in [4.69, 9.17) is 4.74 Å². The number of rotatable bonds is 8. The van der Waals surface area contributed by atoms with Gasteiger partial charge in [-0.25, -0.2) is 4.98 Å². The SMILES string of the molecule is CN=C(NCCCn1nc(C)cc1C)NCc1nc(-c2ccc(OC)cc2)n[nH]1. The molecule has 3 rings (SSSR count). The Labute approximate surface area is 170 Å². The van der Waals surface area contributed by atoms with Crippen LogP contribution in [0.3, 0.4) is 0 Å². The second-order valence-electron chi connectivity index (χ2n) is 6.69. The van der Waals surface area contributed by atoms with E-state index in [-0.39, 0.29) is 0 Å². The monoisotopic (exact) mass is 396 g/mol. The first-order valence-corrected chi connectivity index (χ1v) is 9.60. The molecule has 0 saturated carbocycles. The molecule has 0 aliphatic rings. The van der Waals surface area contributed by atoms with Gasteiger partial charge in [-0.3, -0.25) is 14.8 Å². The van der Waals surface area contributed by atoms with Crippen molar-refractivity contribution >= 4 is 5.96 Å². The molecule has 0 radical (unpaired) electrons. The molecule has 9 nitrogen and oxygen atoms in total. The van der Waals surface area contributed by atoms with E-state index in [2.05, 4.69) is 48.9 Å². The summed E-state index contributed by atoms with van der Waals surface area (Å²) in [6, 6.07) is 9.74. The van der Waals surface area contributed by atoms with Crippen LogP contribution in [0.15, 0.2) is 35.3 Å². The molecule has 2 aromatic heterocycles. The summed E-state index contributed by atoms with van der Waals surface area (Å²) in [4.78, 5) is 8.78. The number of methoxy groups -OCH3 is 1. The molecule has 1 aromatic carbocycles. The molecule has 29 heavy (non-hydrogen) atoms. The van der Waals surface area contributed by atoms with Crippen molar-refractivity contribution in [2.45, 2.75) is 33.4 Å². The normalized spacial score (nSPS) is 11.5. The molecule has 0 aliphatic heterocycles. The summed E-state index contributed by atoms with van der Waals surface area (Å²) in [7, 11) is 3.39. The van der Waals surface area contributed by atoms with Crippen molar-refractivity contribution in [2.75, 3.05) is 20.7 Å². The molecule has 3 aromatic rings. The summed E-state index contributed by atoms with van der Waals surface area (Å²) in [5.74, 6) is 2.92. The average molecular weight is 396 g/mol. The van der Waals surface area contributed by atoms with E-state index in [9.17, 15) is 0 Å². The lowest BCUT2D eigenvalue weighted by atomic mass is 10.2. The van der Waals surface area contributed by atoms with Crippen LogP contribution >= 0.6 is 0 Å². The standard InChI is InChI=1S/C20H28N8O/c1-14-12-15(2)28(27-14)11-5-10-22-20(21-3)23-13-18-24-19(26-25-18)16-6-8-17(29-4)9-7-16/h6-9,12H,5,10-11,13H2,1-4H3,(H2,21,22,23)(H,24,25,26). The zero-order chi connectivity index (χ0) is 20.6. The quantitative estimate of drug-likeness (QED) is 0.306. The molecule has 0 bridgehead atoms. The van der Waals surface area contributed by atoms with Crippen LogP contribution in [0.4, 0.5) is 0 Å². The van der Waals surface area contributed by atoms with E-state index in [0.29, 0.717) is 12.4 Å². The number of aliphatic imine (C=N–C) groups is 1. The lowest BCUT2D eigenvalue weighted by Gasteiger charge is -2.11. The maximum Gasteiger partial charge on any atom is 0.191 e. The zero-order valence-corrected chi connectivity index (χ0v) is 17.4. The Bertz CT molecular complexity index is 942. The predicted molar refractivity (Wildman–Crippen MR) is 113 cm³/mol. The van der Waals surface area contributed by atoms with Crippen LogP contribution in [0.25, 0.3) is 11.4 Å². The smallest absolute Gasteiger partial charge is 0.191 e. The second-order valence-corrected chi connectivity index (χ2v) is 6.69. The van der Waals surface area contributed by atoms with Gasteiger partial charge < -0.3 is 15.4 Å². The van der Waals surface area contributed by atoms with Gasteiger partial charge in [-0.1, -0.05) is 0 Å². The zero-order valence-electron chi connectivity index (χ0n) is 17.4. The third kappa shape index (κ3) is 5.56. The number of aromatic nitrogens is 5. The Hall–Kier alpha value is -3.36. The maximum absolute atomic E-state index is 5.18. The van der Waals surface area contributed by atoms with E-state index < -0.39 is 0 Å². The number of guanidine groups is 1. The second kappa shape index (κ2) is 9.72. The van der Waals surface area contributed by atoms with Crippen LogP contribution in [0, 0.1) is 13.8 Å². The number of aryl methyl sites for hydroxylation is 3. The van der Waals surface area contributed by atoms with E-state index in [1.807, 2.05) is 35.9 Å². The lowest BCUT2D eigenvalue weighted by Crippen LogP contribution is -2.37. The highest BCUT2D eigenvalue weighted by Crippen LogP contribution is 2.18. The molecule has 0 fully saturated rings. The summed E-state index contributed by atoms with van der Waals surface area (Å²) in [5.41, 5.74) is 3.16. The van der Waals surface area contributed by atoms with Crippen molar-refractivity contribution < 1.29 is 4.74 Å². The number of hydrogen-bond donors (Lipinski definition) is 3. The van der Waals surface area contributed by atoms with Crippen molar-refractivity contribution in [3.8, 4) is 17.1 Å². The molecule has 0 aliphatic carbocycles. The Morgan fingerprint density at radius 2 is 2.00 bits per heavy atom.